The van der Waals surface area contributed by atoms with Gasteiger partial charge >= 0.3 is 0 Å². The van der Waals surface area contributed by atoms with Gasteiger partial charge in [0.15, 0.2) is 0 Å². The average Bonchev–Trinajstić information content (AvgIpc) is 2.64. The molecule has 2 aromatic carbocycles. The van der Waals surface area contributed by atoms with Crippen molar-refractivity contribution in [2.45, 2.75) is 18.9 Å². The van der Waals surface area contributed by atoms with E-state index in [1.807, 2.05) is 36.4 Å². The summed E-state index contributed by atoms with van der Waals surface area (Å²) in [5, 5.41) is 1.37. The van der Waals surface area contributed by atoms with Crippen molar-refractivity contribution in [1.82, 2.24) is 0 Å². The van der Waals surface area contributed by atoms with Crippen molar-refractivity contribution in [1.29, 1.82) is 0 Å². The third-order valence-corrected chi connectivity index (χ3v) is 7.72. The summed E-state index contributed by atoms with van der Waals surface area (Å²) >= 11 is 0. The number of hydrogen-bond donors (Lipinski definition) is 0. The summed E-state index contributed by atoms with van der Waals surface area (Å²) in [6, 6.07) is 21.8. The Hall–Kier alpha value is -1.90. The molecule has 0 N–H and O–H groups in total. The first-order valence-corrected chi connectivity index (χ1v) is 10.0. The molecule has 0 aromatic heterocycles. The van der Waals surface area contributed by atoms with Crippen LogP contribution in [0.3, 0.4) is 0 Å². The van der Waals surface area contributed by atoms with Gasteiger partial charge in [-0.05, 0) is 23.2 Å². The van der Waals surface area contributed by atoms with Crippen molar-refractivity contribution < 1.29 is 4.43 Å². The zero-order chi connectivity index (χ0) is 15.7. The lowest BCUT2D eigenvalue weighted by Crippen LogP contribution is -2.51. The van der Waals surface area contributed by atoms with E-state index >= 15 is 0 Å². The first-order chi connectivity index (χ1) is 10.8. The smallest absolute Gasteiger partial charge is 0.248 e. The molecule has 1 aliphatic rings. The standard InChI is InChI=1S/C12H16OSi.C8H8/c1-2-14(11-7-6-10-13-14)12-8-4-3-5-9-12;1-2-8-6-4-3-5-7-8/h2-5,8-9H,1,6-7,10-11H2;2-7H,1H2. The molecule has 0 amide bonds. The van der Waals surface area contributed by atoms with Crippen LogP contribution in [0.15, 0.2) is 79.5 Å². The van der Waals surface area contributed by atoms with E-state index in [-0.39, 0.29) is 0 Å². The Morgan fingerprint density at radius 2 is 1.50 bits per heavy atom. The van der Waals surface area contributed by atoms with Gasteiger partial charge in [0.1, 0.15) is 0 Å². The lowest BCUT2D eigenvalue weighted by Gasteiger charge is -2.32. The van der Waals surface area contributed by atoms with Gasteiger partial charge in [-0.25, -0.2) is 0 Å². The van der Waals surface area contributed by atoms with Crippen molar-refractivity contribution >= 4 is 19.6 Å². The molecule has 1 atom stereocenters. The highest BCUT2D eigenvalue weighted by Crippen LogP contribution is 2.22. The van der Waals surface area contributed by atoms with Crippen LogP contribution in [0.1, 0.15) is 18.4 Å². The highest BCUT2D eigenvalue weighted by molar-refractivity contribution is 6.90. The van der Waals surface area contributed by atoms with Crippen LogP contribution >= 0.6 is 0 Å². The normalized spacial score (nSPS) is 20.4. The van der Waals surface area contributed by atoms with Crippen molar-refractivity contribution in [2.24, 2.45) is 0 Å². The monoisotopic (exact) mass is 308 g/mol. The van der Waals surface area contributed by atoms with E-state index < -0.39 is 8.32 Å². The highest BCUT2D eigenvalue weighted by atomic mass is 28.4. The molecular weight excluding hydrogens is 284 g/mol. The van der Waals surface area contributed by atoms with Gasteiger partial charge in [-0.2, -0.15) is 0 Å². The predicted molar refractivity (Wildman–Crippen MR) is 98.6 cm³/mol. The topological polar surface area (TPSA) is 9.23 Å². The minimum Gasteiger partial charge on any atom is -0.409 e. The molecule has 1 fully saturated rings. The third kappa shape index (κ3) is 4.29. The van der Waals surface area contributed by atoms with E-state index in [0.29, 0.717) is 0 Å². The van der Waals surface area contributed by atoms with Crippen LogP contribution in [0.5, 0.6) is 0 Å². The van der Waals surface area contributed by atoms with Crippen molar-refractivity contribution in [2.75, 3.05) is 6.61 Å². The fraction of sp³-hybridized carbons (Fsp3) is 0.200. The Morgan fingerprint density at radius 3 is 1.95 bits per heavy atom. The molecule has 1 saturated heterocycles. The molecule has 2 aromatic rings. The Labute approximate surface area is 135 Å². The summed E-state index contributed by atoms with van der Waals surface area (Å²) in [6.07, 6.45) is 4.32. The Bertz CT molecular complexity index is 571. The van der Waals surface area contributed by atoms with E-state index in [1.165, 1.54) is 29.6 Å². The fourth-order valence-electron chi connectivity index (χ4n) is 2.63. The molecule has 0 spiro atoms. The second-order valence-corrected chi connectivity index (χ2v) is 8.93. The number of benzene rings is 2. The number of rotatable bonds is 3. The molecule has 1 nitrogen and oxygen atoms in total. The second-order valence-electron chi connectivity index (χ2n) is 5.38. The fourth-order valence-corrected chi connectivity index (χ4v) is 5.83. The maximum Gasteiger partial charge on any atom is 0.248 e. The molecule has 0 saturated carbocycles. The maximum absolute atomic E-state index is 6.02. The maximum atomic E-state index is 6.02. The first kappa shape index (κ1) is 16.5. The van der Waals surface area contributed by atoms with E-state index in [0.717, 1.165) is 6.61 Å². The van der Waals surface area contributed by atoms with Gasteiger partial charge in [0.2, 0.25) is 8.32 Å². The lowest BCUT2D eigenvalue weighted by molar-refractivity contribution is 0.283. The van der Waals surface area contributed by atoms with Gasteiger partial charge in [0.05, 0.1) is 0 Å². The van der Waals surface area contributed by atoms with Gasteiger partial charge in [0, 0.05) is 6.61 Å². The molecule has 1 heterocycles. The molecule has 22 heavy (non-hydrogen) atoms. The minimum absolute atomic E-state index is 0.910. The summed E-state index contributed by atoms with van der Waals surface area (Å²) in [5.74, 6) is 0. The SMILES string of the molecule is C=C[Si]1(c2ccccc2)CCCCO1.C=Cc1ccccc1. The van der Waals surface area contributed by atoms with Crippen LogP contribution < -0.4 is 5.19 Å². The van der Waals surface area contributed by atoms with Gasteiger partial charge in [-0.3, -0.25) is 0 Å². The average molecular weight is 308 g/mol. The zero-order valence-corrected chi connectivity index (χ0v) is 14.1. The summed E-state index contributed by atoms with van der Waals surface area (Å²) in [6.45, 7) is 8.51. The lowest BCUT2D eigenvalue weighted by atomic mass is 10.2. The zero-order valence-electron chi connectivity index (χ0n) is 13.1. The third-order valence-electron chi connectivity index (χ3n) is 3.93. The van der Waals surface area contributed by atoms with E-state index in [9.17, 15) is 0 Å². The van der Waals surface area contributed by atoms with E-state index in [2.05, 4.69) is 49.2 Å². The van der Waals surface area contributed by atoms with Crippen molar-refractivity contribution in [3.63, 3.8) is 0 Å². The Kier molecular flexibility index (Phi) is 6.38. The molecule has 3 rings (SSSR count). The molecule has 2 heteroatoms. The summed E-state index contributed by atoms with van der Waals surface area (Å²) in [7, 11) is -1.77. The van der Waals surface area contributed by atoms with Gasteiger partial charge in [-0.1, -0.05) is 85.4 Å². The van der Waals surface area contributed by atoms with Gasteiger partial charge in [0.25, 0.3) is 0 Å². The molecule has 114 valence electrons. The van der Waals surface area contributed by atoms with Crippen LogP contribution in [0.4, 0.5) is 0 Å². The molecule has 0 bridgehead atoms. The van der Waals surface area contributed by atoms with Crippen LogP contribution in [-0.2, 0) is 4.43 Å². The summed E-state index contributed by atoms with van der Waals surface area (Å²) < 4.78 is 6.02. The predicted octanol–water partition coefficient (Wildman–Crippen LogP) is 4.70. The molecular formula is C20H24OSi. The van der Waals surface area contributed by atoms with Crippen molar-refractivity contribution in [3.05, 3.63) is 85.1 Å². The second kappa shape index (κ2) is 8.52. The quantitative estimate of drug-likeness (QED) is 0.747. The van der Waals surface area contributed by atoms with Crippen LogP contribution in [0.2, 0.25) is 6.04 Å². The Morgan fingerprint density at radius 1 is 0.864 bits per heavy atom. The largest absolute Gasteiger partial charge is 0.409 e. The first-order valence-electron chi connectivity index (χ1n) is 7.81. The minimum atomic E-state index is -1.77. The van der Waals surface area contributed by atoms with E-state index in [1.54, 1.807) is 0 Å². The Balaban J connectivity index is 0.000000188. The summed E-state index contributed by atoms with van der Waals surface area (Å²) in [5.41, 5.74) is 3.26. The molecule has 0 radical (unpaired) electrons. The van der Waals surface area contributed by atoms with Crippen molar-refractivity contribution in [3.8, 4) is 0 Å². The van der Waals surface area contributed by atoms with Crippen LogP contribution in [0.25, 0.3) is 6.08 Å². The van der Waals surface area contributed by atoms with Crippen LogP contribution in [0, 0.1) is 0 Å². The summed E-state index contributed by atoms with van der Waals surface area (Å²) in [4.78, 5) is 0. The molecule has 1 unspecified atom stereocenters. The van der Waals surface area contributed by atoms with E-state index in [4.69, 9.17) is 4.43 Å². The molecule has 1 aliphatic heterocycles. The number of hydrogen-bond acceptors (Lipinski definition) is 1. The highest BCUT2D eigenvalue weighted by Gasteiger charge is 2.35. The molecule has 0 aliphatic carbocycles. The van der Waals surface area contributed by atoms with Gasteiger partial charge in [-0.15, -0.1) is 6.58 Å². The van der Waals surface area contributed by atoms with Crippen LogP contribution in [-0.4, -0.2) is 14.9 Å². The van der Waals surface area contributed by atoms with Gasteiger partial charge < -0.3 is 4.43 Å².